The zero-order valence-electron chi connectivity index (χ0n) is 31.4. The summed E-state index contributed by atoms with van der Waals surface area (Å²) < 4.78 is 80.2. The van der Waals surface area contributed by atoms with Crippen molar-refractivity contribution in [2.45, 2.75) is 35.1 Å². The molecular weight excluding hydrogens is 844 g/mol. The molecule has 310 valence electrons. The maximum atomic E-state index is 15.4. The van der Waals surface area contributed by atoms with Crippen LogP contribution in [0.5, 0.6) is 11.5 Å². The number of halogens is 7. The van der Waals surface area contributed by atoms with Crippen LogP contribution in [0.4, 0.5) is 44.7 Å². The maximum Gasteiger partial charge on any atom is 0.258 e. The maximum absolute atomic E-state index is 15.4. The number of alkyl halides is 2. The molecule has 0 radical (unpaired) electrons. The van der Waals surface area contributed by atoms with Crippen LogP contribution in [0.2, 0.25) is 0 Å². The summed E-state index contributed by atoms with van der Waals surface area (Å²) in [6, 6.07) is 28.8. The van der Waals surface area contributed by atoms with Crippen LogP contribution in [0.25, 0.3) is 0 Å². The SMILES string of the molecule is O=C1[C@H]2[C@H](CC=C3[C@H]2C[C@@]2(Cl)C(=O)N(c4c(F)c(F)c(F)c(F)c4F)C(=O)[C@@]2(Cl)[C@H]3c2ccc(OCc3ccccc3)cc2O)C(=O)N1c1ccc(Nc2ccccc2)cc1. The highest BCUT2D eigenvalue weighted by molar-refractivity contribution is 6.58. The van der Waals surface area contributed by atoms with Gasteiger partial charge < -0.3 is 15.2 Å². The molecule has 9 nitrogen and oxygen atoms in total. The fourth-order valence-electron chi connectivity index (χ4n) is 9.15. The van der Waals surface area contributed by atoms with Gasteiger partial charge in [0.25, 0.3) is 11.8 Å². The molecule has 9 rings (SSSR count). The first kappa shape index (κ1) is 40.2. The average Bonchev–Trinajstić information content (AvgIpc) is 3.60. The number of ether oxygens (including phenoxy) is 1. The second-order valence-electron chi connectivity index (χ2n) is 15.2. The highest BCUT2D eigenvalue weighted by Gasteiger charge is 2.77. The lowest BCUT2D eigenvalue weighted by Gasteiger charge is -2.50. The van der Waals surface area contributed by atoms with E-state index in [9.17, 15) is 37.5 Å². The number of aromatic hydroxyl groups is 1. The standard InChI is InChI=1S/C45H30Cl2F5N3O6/c46-44-20-30-27(17-18-29-32(30)41(58)54(40(29)57)25-13-11-24(12-14-25)53-23-9-5-2-6-10-23)33(28-16-15-26(19-31(28)56)61-21-22-7-3-1-4-8-22)45(44,47)43(60)55(42(44)59)39-37(51)35(49)34(48)36(50)38(39)52/h1-17,19,29-30,32-33,53,56H,18,20-21H2/t29-,30+,32-,33+,44+,45-/m0/s1. The lowest BCUT2D eigenvalue weighted by molar-refractivity contribution is -0.125. The highest BCUT2D eigenvalue weighted by Crippen LogP contribution is 2.67. The Labute approximate surface area is 353 Å². The smallest absolute Gasteiger partial charge is 0.258 e. The summed E-state index contributed by atoms with van der Waals surface area (Å²) in [6.07, 6.45) is 0.785. The van der Waals surface area contributed by atoms with Crippen molar-refractivity contribution in [3.8, 4) is 11.5 Å². The van der Waals surface area contributed by atoms with E-state index in [1.807, 2.05) is 48.5 Å². The van der Waals surface area contributed by atoms with E-state index >= 15 is 8.78 Å². The number of hydrogen-bond donors (Lipinski definition) is 2. The van der Waals surface area contributed by atoms with Crippen LogP contribution in [0.1, 0.15) is 29.9 Å². The van der Waals surface area contributed by atoms with Crippen LogP contribution < -0.4 is 19.9 Å². The number of rotatable bonds is 8. The Morgan fingerprint density at radius 3 is 1.95 bits per heavy atom. The first-order valence-electron chi connectivity index (χ1n) is 18.9. The summed E-state index contributed by atoms with van der Waals surface area (Å²) in [7, 11) is 0. The number of fused-ring (bicyclic) bond motifs is 4. The Hall–Kier alpha value is -6.25. The van der Waals surface area contributed by atoms with E-state index in [4.69, 9.17) is 27.9 Å². The molecule has 2 N–H and O–H groups in total. The molecule has 16 heteroatoms. The normalized spacial score (nSPS) is 25.6. The summed E-state index contributed by atoms with van der Waals surface area (Å²) in [5.41, 5.74) is 0.632. The largest absolute Gasteiger partial charge is 0.508 e. The summed E-state index contributed by atoms with van der Waals surface area (Å²) in [5.74, 6) is -22.4. The van der Waals surface area contributed by atoms with E-state index in [1.54, 1.807) is 42.5 Å². The van der Waals surface area contributed by atoms with Gasteiger partial charge in [0.2, 0.25) is 17.6 Å². The van der Waals surface area contributed by atoms with E-state index in [0.717, 1.165) is 16.2 Å². The Morgan fingerprint density at radius 1 is 0.705 bits per heavy atom. The third-order valence-electron chi connectivity index (χ3n) is 12.0. The minimum absolute atomic E-state index is 0.0769. The second kappa shape index (κ2) is 14.7. The molecule has 2 aliphatic heterocycles. The van der Waals surface area contributed by atoms with Crippen LogP contribution in [0.15, 0.2) is 115 Å². The molecule has 0 aromatic heterocycles. The number of para-hydroxylation sites is 1. The molecule has 2 aliphatic carbocycles. The average molecular weight is 875 g/mol. The number of nitrogens with zero attached hydrogens (tertiary/aromatic N) is 2. The molecule has 4 aliphatic rings. The van der Waals surface area contributed by atoms with Gasteiger partial charge in [0, 0.05) is 28.9 Å². The highest BCUT2D eigenvalue weighted by atomic mass is 35.5. The molecule has 5 aromatic carbocycles. The van der Waals surface area contributed by atoms with Crippen molar-refractivity contribution >= 4 is 69.6 Å². The summed E-state index contributed by atoms with van der Waals surface area (Å²) >= 11 is 14.5. The van der Waals surface area contributed by atoms with Crippen LogP contribution in [-0.2, 0) is 25.8 Å². The van der Waals surface area contributed by atoms with Crippen LogP contribution >= 0.6 is 23.2 Å². The lowest BCUT2D eigenvalue weighted by Crippen LogP contribution is -2.60. The summed E-state index contributed by atoms with van der Waals surface area (Å²) in [5, 5.41) is 14.9. The molecule has 5 aromatic rings. The fourth-order valence-corrected chi connectivity index (χ4v) is 10.1. The number of hydrogen-bond acceptors (Lipinski definition) is 7. The third-order valence-corrected chi connectivity index (χ3v) is 13.4. The van der Waals surface area contributed by atoms with Gasteiger partial charge in [0.05, 0.1) is 17.5 Å². The predicted molar refractivity (Wildman–Crippen MR) is 214 cm³/mol. The predicted octanol–water partition coefficient (Wildman–Crippen LogP) is 9.18. The van der Waals surface area contributed by atoms with Gasteiger partial charge in [0.15, 0.2) is 33.0 Å². The van der Waals surface area contributed by atoms with E-state index in [0.29, 0.717) is 5.69 Å². The number of carbonyl (C=O) groups excluding carboxylic acids is 4. The number of allylic oxidation sites excluding steroid dienone is 2. The van der Waals surface area contributed by atoms with Crippen molar-refractivity contribution in [1.82, 2.24) is 0 Å². The van der Waals surface area contributed by atoms with Gasteiger partial charge in [-0.15, -0.1) is 23.2 Å². The van der Waals surface area contributed by atoms with Gasteiger partial charge in [-0.1, -0.05) is 66.2 Å². The van der Waals surface area contributed by atoms with Crippen LogP contribution in [0.3, 0.4) is 0 Å². The van der Waals surface area contributed by atoms with Crippen LogP contribution in [0, 0.1) is 46.8 Å². The Bertz CT molecular complexity index is 2680. The van der Waals surface area contributed by atoms with Crippen molar-refractivity contribution in [2.75, 3.05) is 15.1 Å². The molecule has 4 amide bonds. The van der Waals surface area contributed by atoms with Gasteiger partial charge in [-0.25, -0.2) is 26.9 Å². The van der Waals surface area contributed by atoms with E-state index in [1.165, 1.54) is 18.2 Å². The fraction of sp³-hybridized carbons (Fsp3) is 0.200. The quantitative estimate of drug-likeness (QED) is 0.0399. The summed E-state index contributed by atoms with van der Waals surface area (Å²) in [4.78, 5) is 53.1. The summed E-state index contributed by atoms with van der Waals surface area (Å²) in [6.45, 7) is 0.0896. The first-order chi connectivity index (χ1) is 29.2. The van der Waals surface area contributed by atoms with Crippen molar-refractivity contribution in [1.29, 1.82) is 0 Å². The molecule has 0 spiro atoms. The molecule has 3 fully saturated rings. The van der Waals surface area contributed by atoms with Crippen molar-refractivity contribution in [2.24, 2.45) is 17.8 Å². The van der Waals surface area contributed by atoms with Crippen molar-refractivity contribution < 1.29 is 51.0 Å². The molecule has 6 atom stereocenters. The molecule has 1 saturated carbocycles. The zero-order chi connectivity index (χ0) is 43.1. The van der Waals surface area contributed by atoms with E-state index < -0.39 is 104 Å². The molecule has 2 heterocycles. The Balaban J connectivity index is 1.13. The second-order valence-corrected chi connectivity index (χ2v) is 16.5. The molecule has 61 heavy (non-hydrogen) atoms. The van der Waals surface area contributed by atoms with Crippen molar-refractivity contribution in [3.63, 3.8) is 0 Å². The lowest BCUT2D eigenvalue weighted by atomic mass is 9.56. The molecule has 0 unspecified atom stereocenters. The number of benzene rings is 5. The van der Waals surface area contributed by atoms with Gasteiger partial charge in [0.1, 0.15) is 23.8 Å². The third kappa shape index (κ3) is 6.01. The van der Waals surface area contributed by atoms with Crippen LogP contribution in [-0.4, -0.2) is 38.5 Å². The van der Waals surface area contributed by atoms with Gasteiger partial charge in [-0.3, -0.25) is 24.1 Å². The van der Waals surface area contributed by atoms with Gasteiger partial charge in [-0.2, -0.15) is 0 Å². The van der Waals surface area contributed by atoms with Crippen molar-refractivity contribution in [3.05, 3.63) is 155 Å². The van der Waals surface area contributed by atoms with Gasteiger partial charge in [-0.05, 0) is 66.8 Å². The number of amides is 4. The van der Waals surface area contributed by atoms with E-state index in [2.05, 4.69) is 5.32 Å². The first-order valence-corrected chi connectivity index (χ1v) is 19.7. The minimum atomic E-state index is -2.81. The minimum Gasteiger partial charge on any atom is -0.508 e. The molecular formula is C45H30Cl2F5N3O6. The zero-order valence-corrected chi connectivity index (χ0v) is 32.9. The number of carbonyl (C=O) groups is 4. The van der Waals surface area contributed by atoms with Gasteiger partial charge >= 0.3 is 0 Å². The molecule has 2 saturated heterocycles. The Kier molecular flexibility index (Phi) is 9.70. The monoisotopic (exact) mass is 873 g/mol. The topological polar surface area (TPSA) is 116 Å². The number of anilines is 4. The number of phenolic OH excluding ortho intramolecular Hbond substituents is 1. The number of nitrogens with one attached hydrogen (secondary N) is 1. The molecule has 0 bridgehead atoms. The van der Waals surface area contributed by atoms with E-state index in [-0.39, 0.29) is 40.5 Å². The number of phenols is 1. The number of imide groups is 2. The Morgan fingerprint density at radius 2 is 1.31 bits per heavy atom.